The maximum atomic E-state index is 12.3. The Kier molecular flexibility index (Phi) is 3.63. The van der Waals surface area contributed by atoms with Crippen LogP contribution in [0.25, 0.3) is 0 Å². The van der Waals surface area contributed by atoms with Crippen molar-refractivity contribution in [2.75, 3.05) is 11.9 Å². The monoisotopic (exact) mass is 235 g/mol. The highest BCUT2D eigenvalue weighted by molar-refractivity contribution is 6.33. The average molecular weight is 236 g/mol. The standard InChI is InChI=1S/C10H9ClF3N/c1-2-5-15-9-6-7(10(12,13)14)3-4-8(9)11/h2-4,6,15H,1,5H2. The normalized spacial score (nSPS) is 11.2. The number of rotatable bonds is 3. The van der Waals surface area contributed by atoms with E-state index in [0.29, 0.717) is 6.54 Å². The second-order valence-electron chi connectivity index (χ2n) is 2.86. The first-order chi connectivity index (χ1) is 6.95. The summed E-state index contributed by atoms with van der Waals surface area (Å²) in [5, 5.41) is 2.98. The first kappa shape index (κ1) is 11.9. The third kappa shape index (κ3) is 3.16. The summed E-state index contributed by atoms with van der Waals surface area (Å²) in [6.45, 7) is 3.81. The van der Waals surface area contributed by atoms with Crippen LogP contribution in [0.2, 0.25) is 5.02 Å². The van der Waals surface area contributed by atoms with Crippen LogP contribution >= 0.6 is 11.6 Å². The van der Waals surface area contributed by atoms with Gasteiger partial charge >= 0.3 is 6.18 Å². The van der Waals surface area contributed by atoms with Crippen LogP contribution in [0.4, 0.5) is 18.9 Å². The maximum absolute atomic E-state index is 12.3. The third-order valence-corrected chi connectivity index (χ3v) is 2.06. The third-order valence-electron chi connectivity index (χ3n) is 1.73. The predicted molar refractivity (Wildman–Crippen MR) is 55.1 cm³/mol. The van der Waals surface area contributed by atoms with Gasteiger partial charge in [0, 0.05) is 6.54 Å². The van der Waals surface area contributed by atoms with Gasteiger partial charge in [-0.1, -0.05) is 17.7 Å². The molecule has 0 radical (unpaired) electrons. The first-order valence-electron chi connectivity index (χ1n) is 4.16. The van der Waals surface area contributed by atoms with Gasteiger partial charge in [0.1, 0.15) is 0 Å². The molecule has 0 heterocycles. The zero-order chi connectivity index (χ0) is 11.5. The van der Waals surface area contributed by atoms with E-state index >= 15 is 0 Å². The zero-order valence-electron chi connectivity index (χ0n) is 7.74. The van der Waals surface area contributed by atoms with Gasteiger partial charge < -0.3 is 5.32 Å². The van der Waals surface area contributed by atoms with Crippen LogP contribution in [0.5, 0.6) is 0 Å². The lowest BCUT2D eigenvalue weighted by atomic mass is 10.2. The quantitative estimate of drug-likeness (QED) is 0.782. The van der Waals surface area contributed by atoms with Crippen molar-refractivity contribution >= 4 is 17.3 Å². The molecule has 0 aromatic heterocycles. The van der Waals surface area contributed by atoms with Crippen molar-refractivity contribution in [3.8, 4) is 0 Å². The molecule has 0 fully saturated rings. The number of hydrogen-bond acceptors (Lipinski definition) is 1. The molecule has 0 spiro atoms. The van der Waals surface area contributed by atoms with Crippen LogP contribution in [-0.2, 0) is 6.18 Å². The van der Waals surface area contributed by atoms with Crippen LogP contribution in [0.15, 0.2) is 30.9 Å². The second-order valence-corrected chi connectivity index (χ2v) is 3.27. The van der Waals surface area contributed by atoms with Crippen LogP contribution in [0, 0.1) is 0 Å². The molecule has 5 heteroatoms. The Bertz CT molecular complexity index is 360. The smallest absolute Gasteiger partial charge is 0.380 e. The molecule has 0 aliphatic heterocycles. The van der Waals surface area contributed by atoms with Gasteiger partial charge in [0.25, 0.3) is 0 Å². The van der Waals surface area contributed by atoms with Gasteiger partial charge in [0.05, 0.1) is 16.3 Å². The van der Waals surface area contributed by atoms with E-state index in [0.717, 1.165) is 12.1 Å². The van der Waals surface area contributed by atoms with Crippen LogP contribution in [-0.4, -0.2) is 6.54 Å². The second kappa shape index (κ2) is 4.57. The molecule has 1 rings (SSSR count). The van der Waals surface area contributed by atoms with Gasteiger partial charge in [-0.05, 0) is 18.2 Å². The van der Waals surface area contributed by atoms with Crippen molar-refractivity contribution in [3.63, 3.8) is 0 Å². The van der Waals surface area contributed by atoms with Crippen LogP contribution in [0.3, 0.4) is 0 Å². The van der Waals surface area contributed by atoms with Gasteiger partial charge in [-0.15, -0.1) is 6.58 Å². The number of halogens is 4. The molecule has 1 aromatic rings. The molecule has 0 bridgehead atoms. The molecule has 0 unspecified atom stereocenters. The Hall–Kier alpha value is -1.16. The van der Waals surface area contributed by atoms with Gasteiger partial charge in [0.2, 0.25) is 0 Å². The van der Waals surface area contributed by atoms with Crippen molar-refractivity contribution in [2.45, 2.75) is 6.18 Å². The van der Waals surface area contributed by atoms with Crippen molar-refractivity contribution in [1.82, 2.24) is 0 Å². The number of anilines is 1. The fraction of sp³-hybridized carbons (Fsp3) is 0.200. The van der Waals surface area contributed by atoms with Crippen LogP contribution in [0.1, 0.15) is 5.56 Å². The average Bonchev–Trinajstić information content (AvgIpc) is 2.15. The summed E-state index contributed by atoms with van der Waals surface area (Å²) in [5.41, 5.74) is -0.468. The molecular weight excluding hydrogens is 227 g/mol. The first-order valence-corrected chi connectivity index (χ1v) is 4.54. The molecule has 82 valence electrons. The van der Waals surface area contributed by atoms with E-state index in [1.807, 2.05) is 0 Å². The lowest BCUT2D eigenvalue weighted by Gasteiger charge is -2.11. The van der Waals surface area contributed by atoms with Crippen molar-refractivity contribution in [1.29, 1.82) is 0 Å². The molecule has 0 aliphatic carbocycles. The minimum Gasteiger partial charge on any atom is -0.380 e. The van der Waals surface area contributed by atoms with E-state index in [2.05, 4.69) is 11.9 Å². The molecule has 1 nitrogen and oxygen atoms in total. The van der Waals surface area contributed by atoms with Gasteiger partial charge in [-0.25, -0.2) is 0 Å². The van der Waals surface area contributed by atoms with Gasteiger partial charge in [0.15, 0.2) is 0 Å². The Morgan fingerprint density at radius 2 is 2.07 bits per heavy atom. The number of nitrogens with one attached hydrogen (secondary N) is 1. The van der Waals surface area contributed by atoms with E-state index < -0.39 is 11.7 Å². The van der Waals surface area contributed by atoms with E-state index in [4.69, 9.17) is 11.6 Å². The summed E-state index contributed by atoms with van der Waals surface area (Å²) in [6.07, 6.45) is -2.81. The van der Waals surface area contributed by atoms with Gasteiger partial charge in [-0.2, -0.15) is 13.2 Å². The molecule has 0 saturated carbocycles. The summed E-state index contributed by atoms with van der Waals surface area (Å²) in [4.78, 5) is 0. The van der Waals surface area contributed by atoms with Crippen molar-refractivity contribution in [2.24, 2.45) is 0 Å². The number of benzene rings is 1. The highest BCUT2D eigenvalue weighted by Gasteiger charge is 2.30. The fourth-order valence-electron chi connectivity index (χ4n) is 1.02. The molecular formula is C10H9ClF3N. The SMILES string of the molecule is C=CCNc1cc(C(F)(F)F)ccc1Cl. The molecule has 1 N–H and O–H groups in total. The van der Waals surface area contributed by atoms with Crippen molar-refractivity contribution < 1.29 is 13.2 Å². The molecule has 0 atom stereocenters. The molecule has 15 heavy (non-hydrogen) atoms. The zero-order valence-corrected chi connectivity index (χ0v) is 8.49. The predicted octanol–water partition coefficient (Wildman–Crippen LogP) is 3.96. The topological polar surface area (TPSA) is 12.0 Å². The maximum Gasteiger partial charge on any atom is 0.416 e. The number of alkyl halides is 3. The minimum atomic E-state index is -4.35. The summed E-state index contributed by atoms with van der Waals surface area (Å²) in [5.74, 6) is 0. The Morgan fingerprint density at radius 3 is 2.60 bits per heavy atom. The molecule has 1 aromatic carbocycles. The highest BCUT2D eigenvalue weighted by atomic mass is 35.5. The van der Waals surface area contributed by atoms with Gasteiger partial charge in [-0.3, -0.25) is 0 Å². The van der Waals surface area contributed by atoms with E-state index in [-0.39, 0.29) is 10.7 Å². The Balaban J connectivity index is 3.00. The fourth-order valence-corrected chi connectivity index (χ4v) is 1.20. The summed E-state index contributed by atoms with van der Waals surface area (Å²) in [7, 11) is 0. The lowest BCUT2D eigenvalue weighted by molar-refractivity contribution is -0.137. The van der Waals surface area contributed by atoms with E-state index in [1.165, 1.54) is 12.1 Å². The largest absolute Gasteiger partial charge is 0.416 e. The molecule has 0 aliphatic rings. The summed E-state index contributed by atoms with van der Waals surface area (Å²) < 4.78 is 37.0. The number of hydrogen-bond donors (Lipinski definition) is 1. The Labute approximate surface area is 90.6 Å². The van der Waals surface area contributed by atoms with E-state index in [9.17, 15) is 13.2 Å². The minimum absolute atomic E-state index is 0.254. The highest BCUT2D eigenvalue weighted by Crippen LogP contribution is 2.33. The van der Waals surface area contributed by atoms with Crippen LogP contribution < -0.4 is 5.32 Å². The summed E-state index contributed by atoms with van der Waals surface area (Å²) in [6, 6.07) is 3.14. The molecule has 0 saturated heterocycles. The summed E-state index contributed by atoms with van der Waals surface area (Å²) >= 11 is 5.72. The Morgan fingerprint density at radius 1 is 1.40 bits per heavy atom. The lowest BCUT2D eigenvalue weighted by Crippen LogP contribution is -2.06. The van der Waals surface area contributed by atoms with Crippen molar-refractivity contribution in [3.05, 3.63) is 41.4 Å². The molecule has 0 amide bonds. The van der Waals surface area contributed by atoms with E-state index in [1.54, 1.807) is 0 Å².